The zero-order chi connectivity index (χ0) is 12.1. The molecule has 1 aliphatic rings. The van der Waals surface area contributed by atoms with Crippen LogP contribution in [0.15, 0.2) is 0 Å². The molecule has 16 heavy (non-hydrogen) atoms. The third-order valence-electron chi connectivity index (χ3n) is 3.19. The highest BCUT2D eigenvalue weighted by Crippen LogP contribution is 2.24. The van der Waals surface area contributed by atoms with E-state index in [0.717, 1.165) is 6.54 Å². The van der Waals surface area contributed by atoms with Crippen LogP contribution >= 0.6 is 0 Å². The molecule has 1 rings (SSSR count). The molecule has 3 N–H and O–H groups in total. The SMILES string of the molecule is CC(C)CN(CC(N)C(=O)O)C1CCCC1. The second-order valence-electron chi connectivity index (χ2n) is 5.23. The van der Waals surface area contributed by atoms with Crippen molar-refractivity contribution in [3.8, 4) is 0 Å². The average molecular weight is 228 g/mol. The van der Waals surface area contributed by atoms with Crippen LogP contribution in [-0.4, -0.2) is 41.1 Å². The number of rotatable bonds is 6. The Morgan fingerprint density at radius 2 is 1.94 bits per heavy atom. The summed E-state index contributed by atoms with van der Waals surface area (Å²) in [5.41, 5.74) is 5.62. The van der Waals surface area contributed by atoms with Crippen LogP contribution in [0.1, 0.15) is 39.5 Å². The molecule has 0 aromatic carbocycles. The van der Waals surface area contributed by atoms with Gasteiger partial charge in [0.15, 0.2) is 0 Å². The van der Waals surface area contributed by atoms with Gasteiger partial charge in [0.1, 0.15) is 6.04 Å². The maximum atomic E-state index is 10.8. The lowest BCUT2D eigenvalue weighted by atomic mass is 10.1. The summed E-state index contributed by atoms with van der Waals surface area (Å²) < 4.78 is 0. The summed E-state index contributed by atoms with van der Waals surface area (Å²) >= 11 is 0. The van der Waals surface area contributed by atoms with Gasteiger partial charge in [-0.3, -0.25) is 9.69 Å². The predicted octanol–water partition coefficient (Wildman–Crippen LogP) is 1.30. The van der Waals surface area contributed by atoms with Crippen molar-refractivity contribution in [3.05, 3.63) is 0 Å². The van der Waals surface area contributed by atoms with Crippen molar-refractivity contribution < 1.29 is 9.90 Å². The van der Waals surface area contributed by atoms with E-state index < -0.39 is 12.0 Å². The Balaban J connectivity index is 2.52. The third kappa shape index (κ3) is 4.10. The minimum Gasteiger partial charge on any atom is -0.480 e. The topological polar surface area (TPSA) is 66.6 Å². The van der Waals surface area contributed by atoms with E-state index in [1.807, 2.05) is 0 Å². The Labute approximate surface area is 97.8 Å². The molecule has 4 heteroatoms. The Morgan fingerprint density at radius 1 is 1.38 bits per heavy atom. The largest absolute Gasteiger partial charge is 0.480 e. The second kappa shape index (κ2) is 6.21. The van der Waals surface area contributed by atoms with Gasteiger partial charge in [-0.25, -0.2) is 0 Å². The van der Waals surface area contributed by atoms with Crippen molar-refractivity contribution in [1.29, 1.82) is 0 Å². The van der Waals surface area contributed by atoms with E-state index in [-0.39, 0.29) is 0 Å². The Kier molecular flexibility index (Phi) is 5.22. The third-order valence-corrected chi connectivity index (χ3v) is 3.19. The average Bonchev–Trinajstić information content (AvgIpc) is 2.68. The molecule has 4 nitrogen and oxygen atoms in total. The Morgan fingerprint density at radius 3 is 2.38 bits per heavy atom. The van der Waals surface area contributed by atoms with Crippen LogP contribution in [0.3, 0.4) is 0 Å². The van der Waals surface area contributed by atoms with Gasteiger partial charge < -0.3 is 10.8 Å². The van der Waals surface area contributed by atoms with Gasteiger partial charge >= 0.3 is 5.97 Å². The van der Waals surface area contributed by atoms with E-state index >= 15 is 0 Å². The van der Waals surface area contributed by atoms with Gasteiger partial charge in [0.25, 0.3) is 0 Å². The Bertz CT molecular complexity index is 225. The second-order valence-corrected chi connectivity index (χ2v) is 5.23. The molecular weight excluding hydrogens is 204 g/mol. The van der Waals surface area contributed by atoms with Crippen LogP contribution in [0.5, 0.6) is 0 Å². The van der Waals surface area contributed by atoms with Crippen molar-refractivity contribution in [2.45, 2.75) is 51.6 Å². The van der Waals surface area contributed by atoms with Gasteiger partial charge in [-0.05, 0) is 18.8 Å². The zero-order valence-corrected chi connectivity index (χ0v) is 10.4. The number of hydrogen-bond acceptors (Lipinski definition) is 3. The number of carboxylic acids is 1. The number of carbonyl (C=O) groups is 1. The quantitative estimate of drug-likeness (QED) is 0.719. The lowest BCUT2D eigenvalue weighted by Gasteiger charge is -2.31. The summed E-state index contributed by atoms with van der Waals surface area (Å²) in [6.07, 6.45) is 4.92. The fraction of sp³-hybridized carbons (Fsp3) is 0.917. The van der Waals surface area contributed by atoms with Crippen LogP contribution in [0.4, 0.5) is 0 Å². The first kappa shape index (κ1) is 13.5. The molecule has 0 spiro atoms. The van der Waals surface area contributed by atoms with Crippen LogP contribution < -0.4 is 5.73 Å². The molecule has 0 aromatic heterocycles. The van der Waals surface area contributed by atoms with Crippen LogP contribution in [0.25, 0.3) is 0 Å². The summed E-state index contributed by atoms with van der Waals surface area (Å²) in [5, 5.41) is 8.86. The molecule has 1 aliphatic carbocycles. The Hall–Kier alpha value is -0.610. The smallest absolute Gasteiger partial charge is 0.321 e. The number of hydrogen-bond donors (Lipinski definition) is 2. The highest BCUT2D eigenvalue weighted by atomic mass is 16.4. The number of carboxylic acid groups (broad SMARTS) is 1. The lowest BCUT2D eigenvalue weighted by Crippen LogP contribution is -2.47. The minimum atomic E-state index is -0.897. The van der Waals surface area contributed by atoms with Gasteiger partial charge in [0.05, 0.1) is 0 Å². The molecule has 0 aromatic rings. The fourth-order valence-electron chi connectivity index (χ4n) is 2.44. The normalized spacial score (nSPS) is 19.6. The molecule has 1 fully saturated rings. The maximum Gasteiger partial charge on any atom is 0.321 e. The van der Waals surface area contributed by atoms with Gasteiger partial charge in [0.2, 0.25) is 0 Å². The zero-order valence-electron chi connectivity index (χ0n) is 10.4. The molecule has 0 bridgehead atoms. The number of nitrogens with zero attached hydrogens (tertiary/aromatic N) is 1. The van der Waals surface area contributed by atoms with E-state index in [2.05, 4.69) is 18.7 Å². The summed E-state index contributed by atoms with van der Waals surface area (Å²) in [6, 6.07) is -0.202. The summed E-state index contributed by atoms with van der Waals surface area (Å²) in [5.74, 6) is -0.339. The van der Waals surface area contributed by atoms with Crippen molar-refractivity contribution in [3.63, 3.8) is 0 Å². The van der Waals surface area contributed by atoms with Gasteiger partial charge in [0, 0.05) is 19.1 Å². The molecule has 94 valence electrons. The molecule has 1 saturated carbocycles. The molecule has 0 aliphatic heterocycles. The standard InChI is InChI=1S/C12H24N2O2/c1-9(2)7-14(8-11(13)12(15)16)10-5-3-4-6-10/h9-11H,3-8,13H2,1-2H3,(H,15,16). The monoisotopic (exact) mass is 228 g/mol. The van der Waals surface area contributed by atoms with E-state index in [1.54, 1.807) is 0 Å². The molecule has 0 radical (unpaired) electrons. The molecule has 0 amide bonds. The highest BCUT2D eigenvalue weighted by Gasteiger charge is 2.26. The predicted molar refractivity (Wildman–Crippen MR) is 64.3 cm³/mol. The van der Waals surface area contributed by atoms with E-state index in [4.69, 9.17) is 10.8 Å². The van der Waals surface area contributed by atoms with E-state index in [9.17, 15) is 4.79 Å². The first-order valence-electron chi connectivity index (χ1n) is 6.23. The summed E-state index contributed by atoms with van der Waals surface area (Å²) in [7, 11) is 0. The number of aliphatic carboxylic acids is 1. The van der Waals surface area contributed by atoms with E-state index in [0.29, 0.717) is 18.5 Å². The van der Waals surface area contributed by atoms with Gasteiger partial charge in [-0.2, -0.15) is 0 Å². The van der Waals surface area contributed by atoms with Crippen LogP contribution in [0, 0.1) is 5.92 Å². The number of nitrogens with two attached hydrogens (primary N) is 1. The van der Waals surface area contributed by atoms with Crippen molar-refractivity contribution in [2.75, 3.05) is 13.1 Å². The molecule has 1 atom stereocenters. The fourth-order valence-corrected chi connectivity index (χ4v) is 2.44. The van der Waals surface area contributed by atoms with Gasteiger partial charge in [-0.1, -0.05) is 26.7 Å². The molecule has 0 heterocycles. The summed E-state index contributed by atoms with van der Waals surface area (Å²) in [6.45, 7) is 5.76. The van der Waals surface area contributed by atoms with Crippen LogP contribution in [0.2, 0.25) is 0 Å². The van der Waals surface area contributed by atoms with E-state index in [1.165, 1.54) is 25.7 Å². The summed E-state index contributed by atoms with van der Waals surface area (Å²) in [4.78, 5) is 13.1. The molecular formula is C12H24N2O2. The van der Waals surface area contributed by atoms with Crippen molar-refractivity contribution in [1.82, 2.24) is 4.90 Å². The first-order valence-corrected chi connectivity index (χ1v) is 6.23. The van der Waals surface area contributed by atoms with Crippen molar-refractivity contribution >= 4 is 5.97 Å². The van der Waals surface area contributed by atoms with Crippen molar-refractivity contribution in [2.24, 2.45) is 11.7 Å². The first-order chi connectivity index (χ1) is 7.50. The minimum absolute atomic E-state index is 0.484. The maximum absolute atomic E-state index is 10.8. The lowest BCUT2D eigenvalue weighted by molar-refractivity contribution is -0.139. The van der Waals surface area contributed by atoms with Gasteiger partial charge in [-0.15, -0.1) is 0 Å². The highest BCUT2D eigenvalue weighted by molar-refractivity contribution is 5.73. The van der Waals surface area contributed by atoms with Crippen LogP contribution in [-0.2, 0) is 4.79 Å². The molecule has 0 saturated heterocycles. The molecule has 1 unspecified atom stereocenters.